The molecule has 1 heterocycles. The quantitative estimate of drug-likeness (QED) is 0.582. The number of ether oxygens (including phenoxy) is 1. The van der Waals surface area contributed by atoms with Crippen LogP contribution < -0.4 is 10.3 Å². The van der Waals surface area contributed by atoms with E-state index in [1.807, 2.05) is 30.3 Å². The van der Waals surface area contributed by atoms with Gasteiger partial charge in [0.25, 0.3) is 5.56 Å². The lowest BCUT2D eigenvalue weighted by molar-refractivity contribution is 0.303. The number of fused-ring (bicyclic) bond motifs is 1. The zero-order valence-electron chi connectivity index (χ0n) is 14.1. The number of hydrogen-bond acceptors (Lipinski definition) is 3. The summed E-state index contributed by atoms with van der Waals surface area (Å²) < 4.78 is 31.8. The highest BCUT2D eigenvalue weighted by Gasteiger charge is 2.07. The molecule has 0 bridgehead atoms. The number of aromatic nitrogens is 2. The summed E-state index contributed by atoms with van der Waals surface area (Å²) in [5, 5.41) is 0.527. The first kappa shape index (κ1) is 16.9. The molecule has 0 atom stereocenters. The van der Waals surface area contributed by atoms with Gasteiger partial charge in [0.05, 0.1) is 10.9 Å². The minimum atomic E-state index is -0.959. The number of halogens is 2. The summed E-state index contributed by atoms with van der Waals surface area (Å²) in [4.78, 5) is 19.5. The Labute approximate surface area is 153 Å². The van der Waals surface area contributed by atoms with Crippen LogP contribution in [0.5, 0.6) is 5.75 Å². The van der Waals surface area contributed by atoms with Crippen molar-refractivity contribution in [2.45, 2.75) is 6.61 Å². The fraction of sp³-hybridized carbons (Fsp3) is 0.0476. The SMILES string of the molecule is O=c1[nH]c(-c2cccc(COc3ccc(F)c(F)c3)c2)nc2ccccc12. The molecule has 27 heavy (non-hydrogen) atoms. The maximum absolute atomic E-state index is 13.3. The molecule has 0 unspecified atom stereocenters. The minimum absolute atomic E-state index is 0.163. The molecule has 6 heteroatoms. The van der Waals surface area contributed by atoms with Gasteiger partial charge in [0.1, 0.15) is 18.2 Å². The van der Waals surface area contributed by atoms with E-state index in [2.05, 4.69) is 9.97 Å². The average molecular weight is 364 g/mol. The van der Waals surface area contributed by atoms with Gasteiger partial charge in [0.2, 0.25) is 0 Å². The van der Waals surface area contributed by atoms with Gasteiger partial charge in [-0.05, 0) is 35.9 Å². The lowest BCUT2D eigenvalue weighted by atomic mass is 10.1. The first-order valence-corrected chi connectivity index (χ1v) is 8.26. The van der Waals surface area contributed by atoms with Crippen LogP contribution >= 0.6 is 0 Å². The highest BCUT2D eigenvalue weighted by atomic mass is 19.2. The van der Waals surface area contributed by atoms with Crippen molar-refractivity contribution in [2.75, 3.05) is 0 Å². The third-order valence-electron chi connectivity index (χ3n) is 4.11. The summed E-state index contributed by atoms with van der Waals surface area (Å²) >= 11 is 0. The second-order valence-corrected chi connectivity index (χ2v) is 6.00. The molecule has 0 fully saturated rings. The molecule has 1 N–H and O–H groups in total. The van der Waals surface area contributed by atoms with E-state index in [4.69, 9.17) is 4.74 Å². The Morgan fingerprint density at radius 3 is 2.63 bits per heavy atom. The topological polar surface area (TPSA) is 55.0 Å². The molecule has 4 aromatic rings. The van der Waals surface area contributed by atoms with Crippen LogP contribution in [-0.4, -0.2) is 9.97 Å². The van der Waals surface area contributed by atoms with Crippen molar-refractivity contribution >= 4 is 10.9 Å². The van der Waals surface area contributed by atoms with Gasteiger partial charge in [-0.15, -0.1) is 0 Å². The smallest absolute Gasteiger partial charge is 0.259 e. The molecule has 4 rings (SSSR count). The summed E-state index contributed by atoms with van der Waals surface area (Å²) in [6, 6.07) is 17.8. The van der Waals surface area contributed by atoms with Crippen LogP contribution in [0.4, 0.5) is 8.78 Å². The van der Waals surface area contributed by atoms with E-state index in [0.29, 0.717) is 16.7 Å². The van der Waals surface area contributed by atoms with Crippen molar-refractivity contribution in [1.82, 2.24) is 9.97 Å². The summed E-state index contributed by atoms with van der Waals surface area (Å²) in [5.74, 6) is -1.19. The van der Waals surface area contributed by atoms with Gasteiger partial charge in [0.15, 0.2) is 11.6 Å². The lowest BCUT2D eigenvalue weighted by Gasteiger charge is -2.08. The van der Waals surface area contributed by atoms with E-state index in [1.54, 1.807) is 18.2 Å². The molecule has 0 amide bonds. The molecule has 0 aliphatic carbocycles. The van der Waals surface area contributed by atoms with E-state index in [-0.39, 0.29) is 17.9 Å². The minimum Gasteiger partial charge on any atom is -0.489 e. The van der Waals surface area contributed by atoms with Crippen molar-refractivity contribution in [3.63, 3.8) is 0 Å². The van der Waals surface area contributed by atoms with Gasteiger partial charge in [-0.1, -0.05) is 30.3 Å². The average Bonchev–Trinajstić information content (AvgIpc) is 2.69. The Bertz CT molecular complexity index is 1190. The fourth-order valence-corrected chi connectivity index (χ4v) is 2.76. The standard InChI is InChI=1S/C21H14F2N2O2/c22-17-9-8-15(11-18(17)23)27-12-13-4-3-5-14(10-13)20-24-19-7-2-1-6-16(19)21(26)25-20/h1-11H,12H2,(H,24,25,26). The highest BCUT2D eigenvalue weighted by Crippen LogP contribution is 2.20. The number of rotatable bonds is 4. The third kappa shape index (κ3) is 3.55. The Balaban J connectivity index is 1.61. The van der Waals surface area contributed by atoms with Crippen LogP contribution in [0, 0.1) is 11.6 Å². The normalized spacial score (nSPS) is 10.9. The molecule has 134 valence electrons. The maximum Gasteiger partial charge on any atom is 0.259 e. The van der Waals surface area contributed by atoms with Crippen LogP contribution in [0.3, 0.4) is 0 Å². The van der Waals surface area contributed by atoms with E-state index in [1.165, 1.54) is 6.07 Å². The maximum atomic E-state index is 13.3. The van der Waals surface area contributed by atoms with Gasteiger partial charge in [-0.3, -0.25) is 4.79 Å². The van der Waals surface area contributed by atoms with Crippen LogP contribution in [0.1, 0.15) is 5.56 Å². The summed E-state index contributed by atoms with van der Waals surface area (Å²) in [6.45, 7) is 0.163. The van der Waals surface area contributed by atoms with Gasteiger partial charge in [-0.25, -0.2) is 13.8 Å². The second-order valence-electron chi connectivity index (χ2n) is 6.00. The van der Waals surface area contributed by atoms with Crippen molar-refractivity contribution < 1.29 is 13.5 Å². The van der Waals surface area contributed by atoms with E-state index < -0.39 is 11.6 Å². The number of para-hydroxylation sites is 1. The third-order valence-corrected chi connectivity index (χ3v) is 4.11. The summed E-state index contributed by atoms with van der Waals surface area (Å²) in [5.41, 5.74) is 1.93. The zero-order valence-corrected chi connectivity index (χ0v) is 14.1. The van der Waals surface area contributed by atoms with Gasteiger partial charge < -0.3 is 9.72 Å². The fourth-order valence-electron chi connectivity index (χ4n) is 2.76. The Kier molecular flexibility index (Phi) is 4.38. The van der Waals surface area contributed by atoms with E-state index in [9.17, 15) is 13.6 Å². The van der Waals surface area contributed by atoms with Crippen molar-refractivity contribution in [3.05, 3.63) is 94.3 Å². The van der Waals surface area contributed by atoms with Gasteiger partial charge >= 0.3 is 0 Å². The lowest BCUT2D eigenvalue weighted by Crippen LogP contribution is -2.09. The molecular weight excluding hydrogens is 350 g/mol. The number of aromatic amines is 1. The van der Waals surface area contributed by atoms with Crippen molar-refractivity contribution in [1.29, 1.82) is 0 Å². The molecule has 0 saturated carbocycles. The molecule has 1 aromatic heterocycles. The first-order chi connectivity index (χ1) is 13.1. The van der Waals surface area contributed by atoms with Crippen molar-refractivity contribution in [2.24, 2.45) is 0 Å². The monoisotopic (exact) mass is 364 g/mol. The van der Waals surface area contributed by atoms with E-state index >= 15 is 0 Å². The summed E-state index contributed by atoms with van der Waals surface area (Å²) in [7, 11) is 0. The van der Waals surface area contributed by atoms with Crippen LogP contribution in [0.25, 0.3) is 22.3 Å². The Hall–Kier alpha value is -3.54. The van der Waals surface area contributed by atoms with E-state index in [0.717, 1.165) is 23.3 Å². The molecule has 0 radical (unpaired) electrons. The number of benzene rings is 3. The van der Waals surface area contributed by atoms with Crippen LogP contribution in [0.2, 0.25) is 0 Å². The highest BCUT2D eigenvalue weighted by molar-refractivity contribution is 5.79. The molecule has 0 aliphatic heterocycles. The Morgan fingerprint density at radius 1 is 0.926 bits per heavy atom. The van der Waals surface area contributed by atoms with Gasteiger partial charge in [-0.2, -0.15) is 0 Å². The second kappa shape index (κ2) is 6.99. The molecule has 0 saturated heterocycles. The number of nitrogens with one attached hydrogen (secondary N) is 1. The summed E-state index contributed by atoms with van der Waals surface area (Å²) in [6.07, 6.45) is 0. The molecule has 0 spiro atoms. The van der Waals surface area contributed by atoms with Crippen molar-refractivity contribution in [3.8, 4) is 17.1 Å². The van der Waals surface area contributed by atoms with Crippen LogP contribution in [0.15, 0.2) is 71.5 Å². The zero-order chi connectivity index (χ0) is 18.8. The Morgan fingerprint density at radius 2 is 1.78 bits per heavy atom. The molecule has 4 nitrogen and oxygen atoms in total. The number of nitrogens with zero attached hydrogens (tertiary/aromatic N) is 1. The molecule has 0 aliphatic rings. The number of hydrogen-bond donors (Lipinski definition) is 1. The molecule has 3 aromatic carbocycles. The van der Waals surface area contributed by atoms with Crippen LogP contribution in [-0.2, 0) is 6.61 Å². The largest absolute Gasteiger partial charge is 0.489 e. The predicted octanol–water partition coefficient (Wildman–Crippen LogP) is 4.45. The van der Waals surface area contributed by atoms with Gasteiger partial charge in [0, 0.05) is 11.6 Å². The first-order valence-electron chi connectivity index (χ1n) is 8.26. The molecular formula is C21H14F2N2O2. The predicted molar refractivity (Wildman–Crippen MR) is 98.5 cm³/mol. The number of H-pyrrole nitrogens is 1.